The Balaban J connectivity index is 1.47. The van der Waals surface area contributed by atoms with E-state index < -0.39 is 6.61 Å². The first kappa shape index (κ1) is 23.4. The van der Waals surface area contributed by atoms with E-state index in [1.165, 1.54) is 48.2 Å². The average molecular weight is 485 g/mol. The number of benzene rings is 3. The first-order valence-corrected chi connectivity index (χ1v) is 11.2. The van der Waals surface area contributed by atoms with Crippen LogP contribution in [0.25, 0.3) is 11.4 Å². The minimum absolute atomic E-state index is 0.00436. The van der Waals surface area contributed by atoms with E-state index >= 15 is 0 Å². The summed E-state index contributed by atoms with van der Waals surface area (Å²) in [7, 11) is 0. The van der Waals surface area contributed by atoms with Gasteiger partial charge in [0, 0.05) is 11.3 Å². The minimum atomic E-state index is -2.91. The van der Waals surface area contributed by atoms with Crippen molar-refractivity contribution < 1.29 is 22.7 Å². The molecule has 174 valence electrons. The molecule has 3 aromatic carbocycles. The van der Waals surface area contributed by atoms with E-state index in [-0.39, 0.29) is 23.2 Å². The third-order valence-corrected chi connectivity index (χ3v) is 5.67. The van der Waals surface area contributed by atoms with Crippen molar-refractivity contribution in [2.45, 2.75) is 18.3 Å². The predicted molar refractivity (Wildman–Crippen MR) is 123 cm³/mol. The number of hydrogen-bond donors (Lipinski definition) is 1. The van der Waals surface area contributed by atoms with Crippen LogP contribution < -0.4 is 10.1 Å². The Morgan fingerprint density at radius 2 is 1.68 bits per heavy atom. The summed E-state index contributed by atoms with van der Waals surface area (Å²) in [5.41, 5.74) is 2.17. The molecule has 0 atom stereocenters. The van der Waals surface area contributed by atoms with E-state index in [2.05, 4.69) is 20.3 Å². The highest BCUT2D eigenvalue weighted by Gasteiger charge is 2.16. The van der Waals surface area contributed by atoms with Gasteiger partial charge in [0.25, 0.3) is 0 Å². The van der Waals surface area contributed by atoms with Gasteiger partial charge in [-0.3, -0.25) is 9.36 Å². The van der Waals surface area contributed by atoms with Gasteiger partial charge in [-0.15, -0.1) is 10.2 Å². The average Bonchev–Trinajstić information content (AvgIpc) is 3.22. The van der Waals surface area contributed by atoms with Crippen molar-refractivity contribution in [2.75, 3.05) is 11.1 Å². The van der Waals surface area contributed by atoms with Crippen LogP contribution >= 0.6 is 11.8 Å². The van der Waals surface area contributed by atoms with Crippen LogP contribution in [0.5, 0.6) is 5.75 Å². The van der Waals surface area contributed by atoms with Crippen molar-refractivity contribution in [1.82, 2.24) is 14.8 Å². The summed E-state index contributed by atoms with van der Waals surface area (Å²) in [6.07, 6.45) is 0. The van der Waals surface area contributed by atoms with Crippen molar-refractivity contribution in [3.05, 3.63) is 90.2 Å². The largest absolute Gasteiger partial charge is 0.435 e. The predicted octanol–water partition coefficient (Wildman–Crippen LogP) is 5.46. The van der Waals surface area contributed by atoms with Gasteiger partial charge in [0.1, 0.15) is 11.6 Å². The molecule has 0 saturated carbocycles. The van der Waals surface area contributed by atoms with Gasteiger partial charge < -0.3 is 10.1 Å². The Labute approximate surface area is 197 Å². The van der Waals surface area contributed by atoms with Crippen LogP contribution in [-0.2, 0) is 11.3 Å². The van der Waals surface area contributed by atoms with E-state index in [4.69, 9.17) is 0 Å². The standard InChI is InChI=1S/C24H19F3N4O2S/c25-18-8-6-17(7-9-18)22-29-30-24(31(22)14-16-4-2-1-3-5-16)34-15-21(32)28-19-10-12-20(13-11-19)33-23(26)27/h1-13,23H,14-15H2,(H,28,32). The van der Waals surface area contributed by atoms with E-state index in [9.17, 15) is 18.0 Å². The van der Waals surface area contributed by atoms with Gasteiger partial charge in [-0.1, -0.05) is 42.1 Å². The Kier molecular flexibility index (Phi) is 7.48. The molecule has 0 bridgehead atoms. The maximum atomic E-state index is 13.4. The molecule has 0 aliphatic carbocycles. The molecule has 6 nitrogen and oxygen atoms in total. The SMILES string of the molecule is O=C(CSc1nnc(-c2ccc(F)cc2)n1Cc1ccccc1)Nc1ccc(OC(F)F)cc1. The Bertz CT molecular complexity index is 1230. The highest BCUT2D eigenvalue weighted by Crippen LogP contribution is 2.26. The third-order valence-electron chi connectivity index (χ3n) is 4.70. The molecule has 0 unspecified atom stereocenters. The van der Waals surface area contributed by atoms with Gasteiger partial charge in [0.2, 0.25) is 5.91 Å². The maximum absolute atomic E-state index is 13.4. The Morgan fingerprint density at radius 1 is 0.971 bits per heavy atom. The lowest BCUT2D eigenvalue weighted by atomic mass is 10.2. The van der Waals surface area contributed by atoms with E-state index in [0.717, 1.165) is 5.56 Å². The molecular weight excluding hydrogens is 465 g/mol. The van der Waals surface area contributed by atoms with E-state index in [1.54, 1.807) is 12.1 Å². The molecule has 0 radical (unpaired) electrons. The fraction of sp³-hybridized carbons (Fsp3) is 0.125. The zero-order chi connectivity index (χ0) is 23.9. The Hall–Kier alpha value is -3.79. The van der Waals surface area contributed by atoms with Crippen molar-refractivity contribution in [1.29, 1.82) is 0 Å². The number of carbonyl (C=O) groups is 1. The van der Waals surface area contributed by atoms with Crippen LogP contribution in [0.3, 0.4) is 0 Å². The molecular formula is C24H19F3N4O2S. The van der Waals surface area contributed by atoms with E-state index in [1.807, 2.05) is 34.9 Å². The lowest BCUT2D eigenvalue weighted by Gasteiger charge is -2.11. The molecule has 34 heavy (non-hydrogen) atoms. The van der Waals surface area contributed by atoms with Gasteiger partial charge in [-0.2, -0.15) is 8.78 Å². The number of ether oxygens (including phenoxy) is 1. The van der Waals surface area contributed by atoms with Gasteiger partial charge in [0.15, 0.2) is 11.0 Å². The van der Waals surface area contributed by atoms with Crippen LogP contribution in [0.15, 0.2) is 84.0 Å². The van der Waals surface area contributed by atoms with Crippen LogP contribution in [-0.4, -0.2) is 33.0 Å². The molecule has 10 heteroatoms. The number of thioether (sulfide) groups is 1. The number of alkyl halides is 2. The molecule has 1 aromatic heterocycles. The summed E-state index contributed by atoms with van der Waals surface area (Å²) >= 11 is 1.20. The molecule has 1 N–H and O–H groups in total. The van der Waals surface area contributed by atoms with Gasteiger partial charge >= 0.3 is 6.61 Å². The van der Waals surface area contributed by atoms with Gasteiger partial charge in [0.05, 0.1) is 12.3 Å². The summed E-state index contributed by atoms with van der Waals surface area (Å²) in [4.78, 5) is 12.5. The molecule has 1 amide bonds. The summed E-state index contributed by atoms with van der Waals surface area (Å²) in [5, 5.41) is 11.7. The molecule has 0 fully saturated rings. The first-order valence-electron chi connectivity index (χ1n) is 10.2. The smallest absolute Gasteiger partial charge is 0.387 e. The molecule has 4 aromatic rings. The summed E-state index contributed by atoms with van der Waals surface area (Å²) < 4.78 is 44.1. The molecule has 0 aliphatic heterocycles. The van der Waals surface area contributed by atoms with Gasteiger partial charge in [-0.05, 0) is 54.1 Å². The fourth-order valence-electron chi connectivity index (χ4n) is 3.16. The van der Waals surface area contributed by atoms with Crippen molar-refractivity contribution in [2.24, 2.45) is 0 Å². The number of nitrogens with zero attached hydrogens (tertiary/aromatic N) is 3. The second-order valence-electron chi connectivity index (χ2n) is 7.12. The number of carbonyl (C=O) groups excluding carboxylic acids is 1. The van der Waals surface area contributed by atoms with Crippen LogP contribution in [0.1, 0.15) is 5.56 Å². The fourth-order valence-corrected chi connectivity index (χ4v) is 3.90. The van der Waals surface area contributed by atoms with Gasteiger partial charge in [-0.25, -0.2) is 4.39 Å². The van der Waals surface area contributed by atoms with Crippen molar-refractivity contribution >= 4 is 23.4 Å². The second-order valence-corrected chi connectivity index (χ2v) is 8.07. The number of anilines is 1. The number of hydrogen-bond acceptors (Lipinski definition) is 5. The van der Waals surface area contributed by atoms with E-state index in [0.29, 0.717) is 28.8 Å². The number of nitrogens with one attached hydrogen (secondary N) is 1. The zero-order valence-electron chi connectivity index (χ0n) is 17.7. The van der Waals surface area contributed by atoms with Crippen molar-refractivity contribution in [3.8, 4) is 17.1 Å². The lowest BCUT2D eigenvalue weighted by Crippen LogP contribution is -2.15. The van der Waals surface area contributed by atoms with Crippen molar-refractivity contribution in [3.63, 3.8) is 0 Å². The highest BCUT2D eigenvalue weighted by molar-refractivity contribution is 7.99. The summed E-state index contributed by atoms with van der Waals surface area (Å²) in [6.45, 7) is -2.44. The summed E-state index contributed by atoms with van der Waals surface area (Å²) in [6, 6.07) is 21.3. The number of aromatic nitrogens is 3. The quantitative estimate of drug-likeness (QED) is 0.319. The highest BCUT2D eigenvalue weighted by atomic mass is 32.2. The lowest BCUT2D eigenvalue weighted by molar-refractivity contribution is -0.113. The zero-order valence-corrected chi connectivity index (χ0v) is 18.5. The minimum Gasteiger partial charge on any atom is -0.435 e. The maximum Gasteiger partial charge on any atom is 0.387 e. The number of rotatable bonds is 9. The third kappa shape index (κ3) is 6.16. The molecule has 0 spiro atoms. The van der Waals surface area contributed by atoms with Crippen LogP contribution in [0, 0.1) is 5.82 Å². The molecule has 0 aliphatic rings. The number of amides is 1. The molecule has 0 saturated heterocycles. The van der Waals surface area contributed by atoms with Crippen LogP contribution in [0.4, 0.5) is 18.9 Å². The molecule has 1 heterocycles. The number of halogens is 3. The normalized spacial score (nSPS) is 10.9. The monoisotopic (exact) mass is 484 g/mol. The topological polar surface area (TPSA) is 69.0 Å². The summed E-state index contributed by atoms with van der Waals surface area (Å²) in [5.74, 6) is -0.0415. The first-order chi connectivity index (χ1) is 16.5. The van der Waals surface area contributed by atoms with Crippen LogP contribution in [0.2, 0.25) is 0 Å². The Morgan fingerprint density at radius 3 is 2.35 bits per heavy atom. The molecule has 4 rings (SSSR count). The second kappa shape index (κ2) is 10.9.